The fourth-order valence-electron chi connectivity index (χ4n) is 0.841. The zero-order chi connectivity index (χ0) is 10.6. The number of nitrogens with one attached hydrogen (secondary N) is 1. The van der Waals surface area contributed by atoms with Gasteiger partial charge in [0.15, 0.2) is 0 Å². The first kappa shape index (κ1) is 11.1. The number of halogens is 1. The van der Waals surface area contributed by atoms with Gasteiger partial charge in [-0.25, -0.2) is 18.1 Å². The standard InChI is InChI=1S/C8H11FN2O2S/c1-2-5-11-14(12,13)7-3-4-8(9)10-6-7/h3-4,6,11H,2,5H2,1H3. The summed E-state index contributed by atoms with van der Waals surface area (Å²) in [6, 6.07) is 2.20. The van der Waals surface area contributed by atoms with Crippen LogP contribution in [0.25, 0.3) is 0 Å². The van der Waals surface area contributed by atoms with Crippen LogP contribution in [0, 0.1) is 5.95 Å². The minimum atomic E-state index is -3.52. The summed E-state index contributed by atoms with van der Waals surface area (Å²) in [6.45, 7) is 2.21. The minimum absolute atomic E-state index is 0.0210. The molecule has 0 fully saturated rings. The van der Waals surface area contributed by atoms with Crippen molar-refractivity contribution < 1.29 is 12.8 Å². The van der Waals surface area contributed by atoms with E-state index < -0.39 is 16.0 Å². The molecule has 0 aliphatic rings. The second-order valence-electron chi connectivity index (χ2n) is 2.71. The van der Waals surface area contributed by atoms with E-state index in [1.807, 2.05) is 6.92 Å². The Bertz CT molecular complexity index is 388. The van der Waals surface area contributed by atoms with E-state index >= 15 is 0 Å². The normalized spacial score (nSPS) is 11.6. The van der Waals surface area contributed by atoms with E-state index in [0.717, 1.165) is 12.3 Å². The third-order valence-electron chi connectivity index (χ3n) is 1.55. The molecular formula is C8H11FN2O2S. The van der Waals surface area contributed by atoms with E-state index in [-0.39, 0.29) is 4.90 Å². The third kappa shape index (κ3) is 2.74. The van der Waals surface area contributed by atoms with E-state index in [0.29, 0.717) is 13.0 Å². The molecule has 0 atom stereocenters. The van der Waals surface area contributed by atoms with Gasteiger partial charge in [-0.3, -0.25) is 0 Å². The van der Waals surface area contributed by atoms with Crippen molar-refractivity contribution in [1.29, 1.82) is 0 Å². The van der Waals surface area contributed by atoms with Crippen LogP contribution in [0.3, 0.4) is 0 Å². The highest BCUT2D eigenvalue weighted by molar-refractivity contribution is 7.89. The smallest absolute Gasteiger partial charge is 0.227 e. The molecule has 0 saturated carbocycles. The maximum atomic E-state index is 12.4. The number of sulfonamides is 1. The fraction of sp³-hybridized carbons (Fsp3) is 0.375. The Morgan fingerprint density at radius 2 is 2.21 bits per heavy atom. The summed E-state index contributed by atoms with van der Waals surface area (Å²) in [5.74, 6) is -0.695. The molecule has 6 heteroatoms. The van der Waals surface area contributed by atoms with Crippen LogP contribution in [0.15, 0.2) is 23.2 Å². The number of hydrogen-bond donors (Lipinski definition) is 1. The zero-order valence-corrected chi connectivity index (χ0v) is 8.51. The van der Waals surface area contributed by atoms with Crippen LogP contribution in [0.1, 0.15) is 13.3 Å². The first-order valence-corrected chi connectivity index (χ1v) is 5.66. The molecule has 0 unspecified atom stereocenters. The monoisotopic (exact) mass is 218 g/mol. The fourth-order valence-corrected chi connectivity index (χ4v) is 1.92. The van der Waals surface area contributed by atoms with E-state index in [1.165, 1.54) is 6.07 Å². The van der Waals surface area contributed by atoms with Gasteiger partial charge in [0.2, 0.25) is 16.0 Å². The number of nitrogens with zero attached hydrogens (tertiary/aromatic N) is 1. The molecule has 14 heavy (non-hydrogen) atoms. The Labute approximate surface area is 82.2 Å². The lowest BCUT2D eigenvalue weighted by molar-refractivity contribution is 0.570. The van der Waals surface area contributed by atoms with Gasteiger partial charge in [0.1, 0.15) is 4.90 Å². The summed E-state index contributed by atoms with van der Waals surface area (Å²) >= 11 is 0. The van der Waals surface area contributed by atoms with Crippen molar-refractivity contribution in [2.24, 2.45) is 0 Å². The van der Waals surface area contributed by atoms with Crippen LogP contribution < -0.4 is 4.72 Å². The molecule has 1 rings (SSSR count). The van der Waals surface area contributed by atoms with Crippen molar-refractivity contribution in [1.82, 2.24) is 9.71 Å². The van der Waals surface area contributed by atoms with E-state index in [9.17, 15) is 12.8 Å². The van der Waals surface area contributed by atoms with Crippen molar-refractivity contribution in [2.45, 2.75) is 18.2 Å². The molecule has 0 radical (unpaired) electrons. The second-order valence-corrected chi connectivity index (χ2v) is 4.48. The molecule has 4 nitrogen and oxygen atoms in total. The van der Waals surface area contributed by atoms with Gasteiger partial charge in [0.25, 0.3) is 0 Å². The number of hydrogen-bond acceptors (Lipinski definition) is 3. The Morgan fingerprint density at radius 3 is 2.71 bits per heavy atom. The second kappa shape index (κ2) is 4.47. The topological polar surface area (TPSA) is 59.1 Å². The van der Waals surface area contributed by atoms with Crippen LogP contribution in [-0.4, -0.2) is 19.9 Å². The highest BCUT2D eigenvalue weighted by Crippen LogP contribution is 2.06. The first-order valence-electron chi connectivity index (χ1n) is 4.17. The van der Waals surface area contributed by atoms with Gasteiger partial charge in [0, 0.05) is 6.54 Å². The molecule has 0 saturated heterocycles. The molecule has 0 aliphatic heterocycles. The van der Waals surface area contributed by atoms with Crippen molar-refractivity contribution in [2.75, 3.05) is 6.54 Å². The van der Waals surface area contributed by atoms with Gasteiger partial charge in [-0.15, -0.1) is 0 Å². The van der Waals surface area contributed by atoms with Crippen LogP contribution >= 0.6 is 0 Å². The van der Waals surface area contributed by atoms with Crippen molar-refractivity contribution in [3.8, 4) is 0 Å². The van der Waals surface area contributed by atoms with Crippen molar-refractivity contribution in [3.63, 3.8) is 0 Å². The molecule has 1 aromatic heterocycles. The predicted octanol–water partition coefficient (Wildman–Crippen LogP) is 0.909. The Hall–Kier alpha value is -1.01. The van der Waals surface area contributed by atoms with Gasteiger partial charge in [-0.2, -0.15) is 4.39 Å². The van der Waals surface area contributed by atoms with Gasteiger partial charge >= 0.3 is 0 Å². The van der Waals surface area contributed by atoms with E-state index in [1.54, 1.807) is 0 Å². The molecule has 0 aromatic carbocycles. The average Bonchev–Trinajstić information content (AvgIpc) is 2.16. The summed E-state index contributed by atoms with van der Waals surface area (Å²) < 4.78 is 37.6. The molecule has 0 amide bonds. The summed E-state index contributed by atoms with van der Waals surface area (Å²) in [7, 11) is -3.52. The lowest BCUT2D eigenvalue weighted by atomic mass is 10.5. The van der Waals surface area contributed by atoms with Crippen molar-refractivity contribution in [3.05, 3.63) is 24.3 Å². The van der Waals surface area contributed by atoms with Gasteiger partial charge in [-0.05, 0) is 18.6 Å². The summed E-state index contributed by atoms with van der Waals surface area (Å²) in [5.41, 5.74) is 0. The Morgan fingerprint density at radius 1 is 1.50 bits per heavy atom. The highest BCUT2D eigenvalue weighted by Gasteiger charge is 2.12. The lowest BCUT2D eigenvalue weighted by Crippen LogP contribution is -2.24. The first-order chi connectivity index (χ1) is 6.56. The van der Waals surface area contributed by atoms with Gasteiger partial charge < -0.3 is 0 Å². The highest BCUT2D eigenvalue weighted by atomic mass is 32.2. The van der Waals surface area contributed by atoms with Crippen molar-refractivity contribution >= 4 is 10.0 Å². The van der Waals surface area contributed by atoms with Crippen LogP contribution in [0.2, 0.25) is 0 Å². The maximum Gasteiger partial charge on any atom is 0.242 e. The number of pyridine rings is 1. The lowest BCUT2D eigenvalue weighted by Gasteiger charge is -2.03. The van der Waals surface area contributed by atoms with Crippen LogP contribution in [0.5, 0.6) is 0 Å². The molecule has 1 heterocycles. The molecule has 78 valence electrons. The Balaban J connectivity index is 2.87. The van der Waals surface area contributed by atoms with Crippen LogP contribution in [0.4, 0.5) is 4.39 Å². The van der Waals surface area contributed by atoms with E-state index in [2.05, 4.69) is 9.71 Å². The van der Waals surface area contributed by atoms with Crippen LogP contribution in [-0.2, 0) is 10.0 Å². The quantitative estimate of drug-likeness (QED) is 0.764. The van der Waals surface area contributed by atoms with E-state index in [4.69, 9.17) is 0 Å². The zero-order valence-electron chi connectivity index (χ0n) is 7.70. The molecular weight excluding hydrogens is 207 g/mol. The third-order valence-corrected chi connectivity index (χ3v) is 3.00. The molecule has 1 aromatic rings. The van der Waals surface area contributed by atoms with Gasteiger partial charge in [-0.1, -0.05) is 6.92 Å². The number of rotatable bonds is 4. The maximum absolute atomic E-state index is 12.4. The molecule has 0 bridgehead atoms. The molecule has 1 N–H and O–H groups in total. The predicted molar refractivity (Wildman–Crippen MR) is 49.7 cm³/mol. The summed E-state index contributed by atoms with van der Waals surface area (Å²) in [5, 5.41) is 0. The van der Waals surface area contributed by atoms with Gasteiger partial charge in [0.05, 0.1) is 6.20 Å². The Kier molecular flexibility index (Phi) is 3.54. The minimum Gasteiger partial charge on any atom is -0.227 e. The molecule has 0 spiro atoms. The summed E-state index contributed by atoms with van der Waals surface area (Å²) in [6.07, 6.45) is 1.70. The number of aromatic nitrogens is 1. The summed E-state index contributed by atoms with van der Waals surface area (Å²) in [4.78, 5) is 3.25. The molecule has 0 aliphatic carbocycles. The SMILES string of the molecule is CCCNS(=O)(=O)c1ccc(F)nc1. The average molecular weight is 218 g/mol. The largest absolute Gasteiger partial charge is 0.242 e.